The second kappa shape index (κ2) is 18.0. The first-order valence-electron chi connectivity index (χ1n) is 10.0. The smallest absolute Gasteiger partial charge is 0.00360 e. The Morgan fingerprint density at radius 3 is 1.33 bits per heavy atom. The molecule has 1 heteroatoms. The molecule has 128 valence electrons. The first kappa shape index (κ1) is 21.0. The average molecular weight is 298 g/mol. The highest BCUT2D eigenvalue weighted by Gasteiger charge is 1.96. The van der Waals surface area contributed by atoms with Crippen molar-refractivity contribution in [2.24, 2.45) is 0 Å². The monoisotopic (exact) mass is 297 g/mol. The molecule has 0 saturated carbocycles. The Hall–Kier alpha value is -0.0400. The molecule has 0 aliphatic rings. The van der Waals surface area contributed by atoms with Gasteiger partial charge in [-0.15, -0.1) is 0 Å². The van der Waals surface area contributed by atoms with Crippen molar-refractivity contribution in [2.75, 3.05) is 6.54 Å². The Balaban J connectivity index is 2.96. The maximum Gasteiger partial charge on any atom is 0.00360 e. The Morgan fingerprint density at radius 1 is 0.571 bits per heavy atom. The summed E-state index contributed by atoms with van der Waals surface area (Å²) in [5, 5.41) is 3.58. The molecule has 1 N–H and O–H groups in total. The van der Waals surface area contributed by atoms with Crippen molar-refractivity contribution in [3.8, 4) is 0 Å². The molecule has 0 saturated heterocycles. The number of hydrogen-bond donors (Lipinski definition) is 1. The van der Waals surface area contributed by atoms with Crippen LogP contribution in [0.25, 0.3) is 0 Å². The maximum atomic E-state index is 3.58. The van der Waals surface area contributed by atoms with Gasteiger partial charge in [-0.25, -0.2) is 0 Å². The van der Waals surface area contributed by atoms with Crippen LogP contribution in [0.2, 0.25) is 0 Å². The molecular formula is C20H43N. The van der Waals surface area contributed by atoms with Crippen molar-refractivity contribution in [1.82, 2.24) is 5.32 Å². The van der Waals surface area contributed by atoms with Gasteiger partial charge < -0.3 is 5.32 Å². The van der Waals surface area contributed by atoms with Gasteiger partial charge in [0, 0.05) is 6.04 Å². The molecule has 0 amide bonds. The van der Waals surface area contributed by atoms with Gasteiger partial charge in [-0.3, -0.25) is 0 Å². The quantitative estimate of drug-likeness (QED) is 0.289. The fourth-order valence-corrected chi connectivity index (χ4v) is 2.81. The molecule has 0 spiro atoms. The van der Waals surface area contributed by atoms with Crippen molar-refractivity contribution < 1.29 is 0 Å². The molecule has 1 atom stereocenters. The van der Waals surface area contributed by atoms with Crippen LogP contribution in [-0.4, -0.2) is 12.6 Å². The number of rotatable bonds is 17. The predicted octanol–water partition coefficient (Wildman–Crippen LogP) is 6.86. The van der Waals surface area contributed by atoms with Gasteiger partial charge in [-0.2, -0.15) is 0 Å². The van der Waals surface area contributed by atoms with Crippen molar-refractivity contribution in [2.45, 2.75) is 123 Å². The number of nitrogens with one attached hydrogen (secondary N) is 1. The zero-order chi connectivity index (χ0) is 15.6. The van der Waals surface area contributed by atoms with Gasteiger partial charge in [0.25, 0.3) is 0 Å². The average Bonchev–Trinajstić information content (AvgIpc) is 2.50. The first-order valence-corrected chi connectivity index (χ1v) is 10.0. The summed E-state index contributed by atoms with van der Waals surface area (Å²) in [6, 6.07) is 0.701. The SMILES string of the molecule is CCCCCCCCCCCCCCCCN[C@H](C)CC. The van der Waals surface area contributed by atoms with Crippen LogP contribution in [-0.2, 0) is 0 Å². The predicted molar refractivity (Wildman–Crippen MR) is 98.1 cm³/mol. The molecule has 0 aliphatic carbocycles. The van der Waals surface area contributed by atoms with Crippen LogP contribution in [0.4, 0.5) is 0 Å². The summed E-state index contributed by atoms with van der Waals surface area (Å²) < 4.78 is 0. The molecule has 0 aromatic rings. The van der Waals surface area contributed by atoms with Crippen molar-refractivity contribution >= 4 is 0 Å². The van der Waals surface area contributed by atoms with Gasteiger partial charge in [-0.1, -0.05) is 97.3 Å². The van der Waals surface area contributed by atoms with E-state index in [2.05, 4.69) is 26.1 Å². The van der Waals surface area contributed by atoms with E-state index in [0.717, 1.165) is 0 Å². The zero-order valence-electron chi connectivity index (χ0n) is 15.4. The highest BCUT2D eigenvalue weighted by Crippen LogP contribution is 2.12. The molecule has 0 bridgehead atoms. The molecule has 0 heterocycles. The van der Waals surface area contributed by atoms with Crippen LogP contribution in [0.1, 0.15) is 117 Å². The van der Waals surface area contributed by atoms with Crippen LogP contribution < -0.4 is 5.32 Å². The van der Waals surface area contributed by atoms with Crippen LogP contribution in [0.15, 0.2) is 0 Å². The van der Waals surface area contributed by atoms with Crippen molar-refractivity contribution in [1.29, 1.82) is 0 Å². The summed E-state index contributed by atoms with van der Waals surface area (Å²) in [5.74, 6) is 0. The van der Waals surface area contributed by atoms with Crippen molar-refractivity contribution in [3.63, 3.8) is 0 Å². The Kier molecular flexibility index (Phi) is 18.0. The second-order valence-corrected chi connectivity index (χ2v) is 6.86. The second-order valence-electron chi connectivity index (χ2n) is 6.86. The maximum absolute atomic E-state index is 3.58. The molecule has 0 unspecified atom stereocenters. The van der Waals surface area contributed by atoms with Gasteiger partial charge in [0.05, 0.1) is 0 Å². The molecule has 0 aromatic heterocycles. The topological polar surface area (TPSA) is 12.0 Å². The van der Waals surface area contributed by atoms with Crippen LogP contribution >= 0.6 is 0 Å². The fraction of sp³-hybridized carbons (Fsp3) is 1.00. The summed E-state index contributed by atoms with van der Waals surface area (Å²) in [6.45, 7) is 8.04. The Bertz CT molecular complexity index is 179. The van der Waals surface area contributed by atoms with E-state index < -0.39 is 0 Å². The molecule has 21 heavy (non-hydrogen) atoms. The molecule has 0 rings (SSSR count). The standard InChI is InChI=1S/C20H43N/c1-4-6-7-8-9-10-11-12-13-14-15-16-17-18-19-21-20(3)5-2/h20-21H,4-19H2,1-3H3/t20-/m1/s1. The van der Waals surface area contributed by atoms with Crippen LogP contribution in [0.5, 0.6) is 0 Å². The van der Waals surface area contributed by atoms with Gasteiger partial charge >= 0.3 is 0 Å². The van der Waals surface area contributed by atoms with Crippen LogP contribution in [0.3, 0.4) is 0 Å². The van der Waals surface area contributed by atoms with Gasteiger partial charge in [-0.05, 0) is 26.3 Å². The Morgan fingerprint density at radius 2 is 0.952 bits per heavy atom. The minimum Gasteiger partial charge on any atom is -0.314 e. The van der Waals surface area contributed by atoms with E-state index in [1.807, 2.05) is 0 Å². The third kappa shape index (κ3) is 17.9. The summed E-state index contributed by atoms with van der Waals surface area (Å²) >= 11 is 0. The summed E-state index contributed by atoms with van der Waals surface area (Å²) in [6.07, 6.45) is 21.5. The molecule has 1 nitrogen and oxygen atoms in total. The van der Waals surface area contributed by atoms with E-state index in [0.29, 0.717) is 6.04 Å². The van der Waals surface area contributed by atoms with E-state index in [4.69, 9.17) is 0 Å². The lowest BCUT2D eigenvalue weighted by Gasteiger charge is -2.10. The highest BCUT2D eigenvalue weighted by molar-refractivity contribution is 4.57. The third-order valence-electron chi connectivity index (χ3n) is 4.64. The number of hydrogen-bond acceptors (Lipinski definition) is 1. The van der Waals surface area contributed by atoms with Gasteiger partial charge in [0.2, 0.25) is 0 Å². The zero-order valence-corrected chi connectivity index (χ0v) is 15.4. The van der Waals surface area contributed by atoms with E-state index in [-0.39, 0.29) is 0 Å². The lowest BCUT2D eigenvalue weighted by atomic mass is 10.0. The Labute approximate surface area is 135 Å². The summed E-state index contributed by atoms with van der Waals surface area (Å²) in [4.78, 5) is 0. The first-order chi connectivity index (χ1) is 10.3. The fourth-order valence-electron chi connectivity index (χ4n) is 2.81. The van der Waals surface area contributed by atoms with E-state index in [1.165, 1.54) is 103 Å². The van der Waals surface area contributed by atoms with Gasteiger partial charge in [0.1, 0.15) is 0 Å². The number of unbranched alkanes of at least 4 members (excludes halogenated alkanes) is 13. The third-order valence-corrected chi connectivity index (χ3v) is 4.64. The van der Waals surface area contributed by atoms with E-state index in [9.17, 15) is 0 Å². The lowest BCUT2D eigenvalue weighted by Crippen LogP contribution is -2.25. The lowest BCUT2D eigenvalue weighted by molar-refractivity contribution is 0.498. The molecule has 0 radical (unpaired) electrons. The molecular weight excluding hydrogens is 254 g/mol. The van der Waals surface area contributed by atoms with Crippen molar-refractivity contribution in [3.05, 3.63) is 0 Å². The molecule has 0 aliphatic heterocycles. The van der Waals surface area contributed by atoms with E-state index in [1.54, 1.807) is 0 Å². The minimum atomic E-state index is 0.701. The van der Waals surface area contributed by atoms with Gasteiger partial charge in [0.15, 0.2) is 0 Å². The van der Waals surface area contributed by atoms with E-state index >= 15 is 0 Å². The highest BCUT2D eigenvalue weighted by atomic mass is 14.9. The largest absolute Gasteiger partial charge is 0.314 e. The minimum absolute atomic E-state index is 0.701. The molecule has 0 fully saturated rings. The summed E-state index contributed by atoms with van der Waals surface area (Å²) in [7, 11) is 0. The normalized spacial score (nSPS) is 12.7. The van der Waals surface area contributed by atoms with Crippen LogP contribution in [0, 0.1) is 0 Å². The summed E-state index contributed by atoms with van der Waals surface area (Å²) in [5.41, 5.74) is 0. The molecule has 0 aromatic carbocycles.